The summed E-state index contributed by atoms with van der Waals surface area (Å²) >= 11 is 0. The number of carbonyl (C=O) groups is 2. The fraction of sp³-hybridized carbons (Fsp3) is 0.750. The quantitative estimate of drug-likeness (QED) is 0.515. The molecular weight excluding hydrogens is 128 g/mol. The van der Waals surface area contributed by atoms with Crippen LogP contribution < -0.4 is 0 Å². The zero-order valence-electron chi connectivity index (χ0n) is 6.22. The predicted octanol–water partition coefficient (Wildman–Crippen LogP) is 1.33. The Hall–Kier alpha value is -0.660. The van der Waals surface area contributed by atoms with E-state index in [1.54, 1.807) is 0 Å². The fourth-order valence-corrected chi connectivity index (χ4v) is 1.42. The van der Waals surface area contributed by atoms with E-state index in [-0.39, 0.29) is 11.2 Å². The Kier molecular flexibility index (Phi) is 1.88. The second-order valence-electron chi connectivity index (χ2n) is 3.34. The molecule has 1 atom stereocenters. The first-order valence-corrected chi connectivity index (χ1v) is 3.64. The molecule has 0 saturated heterocycles. The summed E-state index contributed by atoms with van der Waals surface area (Å²) in [6, 6.07) is 0. The lowest BCUT2D eigenvalue weighted by Crippen LogP contribution is -2.26. The van der Waals surface area contributed by atoms with Gasteiger partial charge in [-0.2, -0.15) is 0 Å². The van der Waals surface area contributed by atoms with Crippen molar-refractivity contribution in [3.8, 4) is 0 Å². The van der Waals surface area contributed by atoms with E-state index < -0.39 is 0 Å². The van der Waals surface area contributed by atoms with E-state index in [9.17, 15) is 9.59 Å². The molecule has 0 radical (unpaired) electrons. The molecule has 0 aliphatic heterocycles. The Morgan fingerprint density at radius 3 is 2.70 bits per heavy atom. The first-order chi connectivity index (χ1) is 4.66. The van der Waals surface area contributed by atoms with Gasteiger partial charge in [0, 0.05) is 18.3 Å². The minimum atomic E-state index is -0.338. The molecule has 1 aliphatic carbocycles. The summed E-state index contributed by atoms with van der Waals surface area (Å²) in [5.74, 6) is 0.237. The van der Waals surface area contributed by atoms with E-state index in [1.165, 1.54) is 0 Å². The van der Waals surface area contributed by atoms with Gasteiger partial charge in [0.25, 0.3) is 0 Å². The molecule has 0 spiro atoms. The molecule has 0 aromatic carbocycles. The molecular formula is C8H12O2. The lowest BCUT2D eigenvalue weighted by Gasteiger charge is -2.25. The summed E-state index contributed by atoms with van der Waals surface area (Å²) in [5.41, 5.74) is -0.338. The van der Waals surface area contributed by atoms with E-state index in [0.29, 0.717) is 12.8 Å². The van der Waals surface area contributed by atoms with Crippen molar-refractivity contribution in [2.45, 2.75) is 32.6 Å². The normalized spacial score (nSPS) is 33.9. The highest BCUT2D eigenvalue weighted by atomic mass is 16.1. The summed E-state index contributed by atoms with van der Waals surface area (Å²) in [6.07, 6.45) is 3.81. The molecule has 2 heteroatoms. The molecule has 1 fully saturated rings. The van der Waals surface area contributed by atoms with Crippen molar-refractivity contribution in [1.29, 1.82) is 0 Å². The predicted molar refractivity (Wildman–Crippen MR) is 37.6 cm³/mol. The maximum Gasteiger partial charge on any atom is 0.133 e. The van der Waals surface area contributed by atoms with E-state index in [1.807, 2.05) is 6.92 Å². The van der Waals surface area contributed by atoms with Crippen LogP contribution in [0.2, 0.25) is 0 Å². The minimum absolute atomic E-state index is 0.237. The van der Waals surface area contributed by atoms with Gasteiger partial charge in [-0.15, -0.1) is 0 Å². The summed E-state index contributed by atoms with van der Waals surface area (Å²) in [6.45, 7) is 1.86. The fourth-order valence-electron chi connectivity index (χ4n) is 1.42. The van der Waals surface area contributed by atoms with Crippen LogP contribution in [0.25, 0.3) is 0 Å². The molecule has 56 valence electrons. The largest absolute Gasteiger partial charge is 0.303 e. The summed E-state index contributed by atoms with van der Waals surface area (Å²) in [4.78, 5) is 21.4. The number of rotatable bonds is 1. The maximum absolute atomic E-state index is 10.9. The van der Waals surface area contributed by atoms with Crippen LogP contribution >= 0.6 is 0 Å². The van der Waals surface area contributed by atoms with Gasteiger partial charge in [-0.1, -0.05) is 6.92 Å². The van der Waals surface area contributed by atoms with Crippen LogP contribution in [0.4, 0.5) is 0 Å². The average Bonchev–Trinajstić information content (AvgIpc) is 1.88. The van der Waals surface area contributed by atoms with Crippen LogP contribution in [0, 0.1) is 5.41 Å². The van der Waals surface area contributed by atoms with Crippen molar-refractivity contribution in [3.63, 3.8) is 0 Å². The number of hydrogen-bond donors (Lipinski definition) is 0. The SMILES string of the molecule is C[C@@]1(C=O)CCCC(=O)C1. The van der Waals surface area contributed by atoms with Crippen LogP contribution in [-0.4, -0.2) is 12.1 Å². The Balaban J connectivity index is 2.61. The molecule has 0 heterocycles. The number of ketones is 1. The first kappa shape index (κ1) is 7.45. The molecule has 0 unspecified atom stereocenters. The van der Waals surface area contributed by atoms with Gasteiger partial charge in [-0.05, 0) is 12.8 Å². The number of carbonyl (C=O) groups excluding carboxylic acids is 2. The molecule has 1 aliphatic rings. The smallest absolute Gasteiger partial charge is 0.133 e. The van der Waals surface area contributed by atoms with Crippen molar-refractivity contribution in [3.05, 3.63) is 0 Å². The topological polar surface area (TPSA) is 34.1 Å². The molecule has 0 N–H and O–H groups in total. The summed E-state index contributed by atoms with van der Waals surface area (Å²) in [7, 11) is 0. The average molecular weight is 140 g/mol. The third-order valence-corrected chi connectivity index (χ3v) is 2.09. The summed E-state index contributed by atoms with van der Waals surface area (Å²) in [5, 5.41) is 0. The van der Waals surface area contributed by atoms with E-state index in [4.69, 9.17) is 0 Å². The third-order valence-electron chi connectivity index (χ3n) is 2.09. The van der Waals surface area contributed by atoms with E-state index in [2.05, 4.69) is 0 Å². The molecule has 0 amide bonds. The monoisotopic (exact) mass is 140 g/mol. The van der Waals surface area contributed by atoms with Crippen molar-refractivity contribution in [2.24, 2.45) is 5.41 Å². The Morgan fingerprint density at radius 1 is 1.60 bits per heavy atom. The Bertz CT molecular complexity index is 163. The third kappa shape index (κ3) is 1.43. The van der Waals surface area contributed by atoms with Gasteiger partial charge in [0.1, 0.15) is 12.1 Å². The van der Waals surface area contributed by atoms with Crippen molar-refractivity contribution in [2.75, 3.05) is 0 Å². The van der Waals surface area contributed by atoms with Gasteiger partial charge in [0.15, 0.2) is 0 Å². The van der Waals surface area contributed by atoms with Crippen LogP contribution in [-0.2, 0) is 9.59 Å². The van der Waals surface area contributed by atoms with Crippen LogP contribution in [0.15, 0.2) is 0 Å². The minimum Gasteiger partial charge on any atom is -0.303 e. The number of Topliss-reactive ketones (excluding diaryl/α,β-unsaturated/α-hetero) is 1. The van der Waals surface area contributed by atoms with Gasteiger partial charge >= 0.3 is 0 Å². The molecule has 0 aromatic rings. The highest BCUT2D eigenvalue weighted by Crippen LogP contribution is 2.31. The van der Waals surface area contributed by atoms with Crippen LogP contribution in [0.1, 0.15) is 32.6 Å². The number of aldehydes is 1. The van der Waals surface area contributed by atoms with Crippen molar-refractivity contribution in [1.82, 2.24) is 0 Å². The zero-order chi connectivity index (χ0) is 7.61. The van der Waals surface area contributed by atoms with E-state index >= 15 is 0 Å². The van der Waals surface area contributed by atoms with Gasteiger partial charge in [-0.3, -0.25) is 4.79 Å². The van der Waals surface area contributed by atoms with Crippen molar-refractivity contribution >= 4 is 12.1 Å². The zero-order valence-corrected chi connectivity index (χ0v) is 6.22. The maximum atomic E-state index is 10.9. The Morgan fingerprint density at radius 2 is 2.30 bits per heavy atom. The lowest BCUT2D eigenvalue weighted by atomic mass is 9.76. The molecule has 0 aromatic heterocycles. The second-order valence-corrected chi connectivity index (χ2v) is 3.34. The van der Waals surface area contributed by atoms with Gasteiger partial charge in [0.2, 0.25) is 0 Å². The van der Waals surface area contributed by atoms with Crippen LogP contribution in [0.3, 0.4) is 0 Å². The molecule has 1 saturated carbocycles. The Labute approximate surface area is 60.6 Å². The highest BCUT2D eigenvalue weighted by Gasteiger charge is 2.30. The molecule has 2 nitrogen and oxygen atoms in total. The second kappa shape index (κ2) is 2.52. The first-order valence-electron chi connectivity index (χ1n) is 3.64. The number of hydrogen-bond acceptors (Lipinski definition) is 2. The molecule has 1 rings (SSSR count). The standard InChI is InChI=1S/C8H12O2/c1-8(6-9)4-2-3-7(10)5-8/h6H,2-5H2,1H3/t8-/m1/s1. The molecule has 0 bridgehead atoms. The summed E-state index contributed by atoms with van der Waals surface area (Å²) < 4.78 is 0. The lowest BCUT2D eigenvalue weighted by molar-refractivity contribution is -0.129. The van der Waals surface area contributed by atoms with E-state index in [0.717, 1.165) is 19.1 Å². The van der Waals surface area contributed by atoms with Gasteiger partial charge in [-0.25, -0.2) is 0 Å². The van der Waals surface area contributed by atoms with Gasteiger partial charge in [0.05, 0.1) is 0 Å². The molecule has 10 heavy (non-hydrogen) atoms. The van der Waals surface area contributed by atoms with Crippen molar-refractivity contribution < 1.29 is 9.59 Å². The van der Waals surface area contributed by atoms with Gasteiger partial charge < -0.3 is 4.79 Å². The van der Waals surface area contributed by atoms with Crippen LogP contribution in [0.5, 0.6) is 0 Å². The highest BCUT2D eigenvalue weighted by molar-refractivity contribution is 5.83.